The molecule has 0 spiro atoms. The lowest BCUT2D eigenvalue weighted by atomic mass is 10.0. The molecule has 2 unspecified atom stereocenters. The average Bonchev–Trinajstić information content (AvgIpc) is 3.47. The van der Waals surface area contributed by atoms with E-state index in [9.17, 15) is 9.36 Å². The maximum atomic E-state index is 13.6. The van der Waals surface area contributed by atoms with Gasteiger partial charge in [-0.2, -0.15) is 0 Å². The third-order valence-corrected chi connectivity index (χ3v) is 11.9. The van der Waals surface area contributed by atoms with Crippen LogP contribution in [0.1, 0.15) is 124 Å². The number of ether oxygens (including phenoxy) is 3. The summed E-state index contributed by atoms with van der Waals surface area (Å²) >= 11 is 5.68. The van der Waals surface area contributed by atoms with Crippen molar-refractivity contribution >= 4 is 51.4 Å². The topological polar surface area (TPSA) is 150 Å². The van der Waals surface area contributed by atoms with Gasteiger partial charge in [-0.25, -0.2) is 19.7 Å². The minimum atomic E-state index is -3.80. The van der Waals surface area contributed by atoms with Crippen molar-refractivity contribution < 1.29 is 32.6 Å². The van der Waals surface area contributed by atoms with Gasteiger partial charge in [0.05, 0.1) is 25.6 Å². The van der Waals surface area contributed by atoms with Crippen LogP contribution in [-0.4, -0.2) is 69.1 Å². The maximum Gasteiger partial charge on any atom is 0.510 e. The largest absolute Gasteiger partial charge is 0.510 e. The number of anilines is 1. The fourth-order valence-electron chi connectivity index (χ4n) is 4.96. The maximum absolute atomic E-state index is 13.6. The molecule has 0 aliphatic carbocycles. The molecule has 48 heavy (non-hydrogen) atoms. The van der Waals surface area contributed by atoms with Crippen molar-refractivity contribution in [2.75, 3.05) is 37.0 Å². The first-order valence-electron chi connectivity index (χ1n) is 17.8. The van der Waals surface area contributed by atoms with E-state index < -0.39 is 26.6 Å². The van der Waals surface area contributed by atoms with E-state index in [0.29, 0.717) is 29.9 Å². The number of hydrogen-bond donors (Lipinski definition) is 1. The number of unbranched alkanes of at least 4 members (excludes halogenated alkanes) is 13. The van der Waals surface area contributed by atoms with Crippen LogP contribution in [0.3, 0.4) is 0 Å². The average molecular weight is 734 g/mol. The summed E-state index contributed by atoms with van der Waals surface area (Å²) in [6, 6.07) is 0. The van der Waals surface area contributed by atoms with E-state index in [0.717, 1.165) is 12.2 Å². The van der Waals surface area contributed by atoms with Gasteiger partial charge in [0.15, 0.2) is 11.5 Å². The number of fused-ring (bicyclic) bond motifs is 1. The summed E-state index contributed by atoms with van der Waals surface area (Å²) in [5.41, 5.74) is 6.95. The van der Waals surface area contributed by atoms with Gasteiger partial charge in [-0.1, -0.05) is 109 Å². The first-order chi connectivity index (χ1) is 23.2. The smallest absolute Gasteiger partial charge is 0.431 e. The Morgan fingerprint density at radius 2 is 1.52 bits per heavy atom. The van der Waals surface area contributed by atoms with Crippen molar-refractivity contribution in [2.45, 2.75) is 143 Å². The van der Waals surface area contributed by atoms with Gasteiger partial charge in [0.2, 0.25) is 6.79 Å². The fourth-order valence-corrected chi connectivity index (χ4v) is 7.88. The lowest BCUT2D eigenvalue weighted by Crippen LogP contribution is -2.20. The van der Waals surface area contributed by atoms with Crippen molar-refractivity contribution in [1.82, 2.24) is 19.5 Å². The minimum absolute atomic E-state index is 0.153. The first kappa shape index (κ1) is 42.5. The van der Waals surface area contributed by atoms with Crippen LogP contribution in [0.5, 0.6) is 0 Å². The van der Waals surface area contributed by atoms with Crippen LogP contribution in [0.25, 0.3) is 11.2 Å². The molecule has 2 N–H and O–H groups in total. The van der Waals surface area contributed by atoms with Crippen LogP contribution in [-0.2, 0) is 55.0 Å². The summed E-state index contributed by atoms with van der Waals surface area (Å²) in [7, 11) is -4.09. The highest BCUT2D eigenvalue weighted by Crippen LogP contribution is 2.48. The highest BCUT2D eigenvalue weighted by molar-refractivity contribution is 8.28. The number of rotatable bonds is 29. The van der Waals surface area contributed by atoms with Gasteiger partial charge in [0.25, 0.3) is 0 Å². The van der Waals surface area contributed by atoms with Crippen molar-refractivity contribution in [3.05, 3.63) is 12.7 Å². The zero-order valence-corrected chi connectivity index (χ0v) is 32.2. The van der Waals surface area contributed by atoms with Crippen LogP contribution < -0.4 is 5.73 Å². The Balaban J connectivity index is 1.70. The van der Waals surface area contributed by atoms with Gasteiger partial charge < -0.3 is 29.0 Å². The molecule has 4 atom stereocenters. The van der Waals surface area contributed by atoms with Gasteiger partial charge in [0, 0.05) is 5.75 Å². The van der Waals surface area contributed by atoms with E-state index in [1.54, 1.807) is 17.8 Å². The second-order valence-electron chi connectivity index (χ2n) is 12.3. The number of nitrogen functional groups attached to an aromatic ring is 1. The summed E-state index contributed by atoms with van der Waals surface area (Å²) in [4.78, 5) is 24.4. The third kappa shape index (κ3) is 18.3. The number of nitrogens with two attached hydrogens (primary N) is 1. The molecule has 276 valence electrons. The van der Waals surface area contributed by atoms with Crippen molar-refractivity contribution in [1.29, 1.82) is 0 Å². The Labute approximate surface area is 295 Å². The zero-order valence-electron chi connectivity index (χ0n) is 29.6. The van der Waals surface area contributed by atoms with Gasteiger partial charge >= 0.3 is 13.8 Å². The molecule has 0 saturated heterocycles. The Hall–Kier alpha value is -1.70. The lowest BCUT2D eigenvalue weighted by molar-refractivity contribution is -0.0209. The molecule has 0 aromatic carbocycles. The molecule has 0 bridgehead atoms. The van der Waals surface area contributed by atoms with Crippen LogP contribution >= 0.6 is 7.60 Å². The van der Waals surface area contributed by atoms with Crippen LogP contribution in [0.4, 0.5) is 10.6 Å². The summed E-state index contributed by atoms with van der Waals surface area (Å²) in [5, 5.41) is 0. The van der Waals surface area contributed by atoms with E-state index in [1.165, 1.54) is 89.8 Å². The second kappa shape index (κ2) is 25.3. The van der Waals surface area contributed by atoms with E-state index in [1.807, 2.05) is 13.8 Å². The summed E-state index contributed by atoms with van der Waals surface area (Å²) in [6.45, 7) is 7.64. The first-order valence-corrected chi connectivity index (χ1v) is 22.0. The molecule has 0 saturated carbocycles. The molecule has 0 aliphatic heterocycles. The third-order valence-electron chi connectivity index (χ3n) is 8.02. The molecule has 0 amide bonds. The fraction of sp³-hybridized carbons (Fsp3) is 0.818. The van der Waals surface area contributed by atoms with Crippen molar-refractivity contribution in [2.24, 2.45) is 0 Å². The SMILES string of the molecule is CCCCCCCCCCCCCCCCS(=S)CCO[P@@](=O)(CO[C@H](C)Cn1cnc2c(N)ncnc21)OCOC(=O)OC(C)CC. The van der Waals surface area contributed by atoms with Crippen molar-refractivity contribution in [3.63, 3.8) is 0 Å². The van der Waals surface area contributed by atoms with Crippen LogP contribution in [0.2, 0.25) is 0 Å². The molecule has 0 aliphatic rings. The molecular weight excluding hydrogens is 673 g/mol. The molecule has 2 rings (SSSR count). The van der Waals surface area contributed by atoms with E-state index in [2.05, 4.69) is 21.9 Å². The lowest BCUT2D eigenvalue weighted by Gasteiger charge is -2.21. The normalized spacial score (nSPS) is 14.8. The molecule has 15 heteroatoms. The molecule has 12 nitrogen and oxygen atoms in total. The molecule has 2 aromatic rings. The number of aromatic nitrogens is 4. The van der Waals surface area contributed by atoms with Crippen LogP contribution in [0, 0.1) is 0 Å². The quantitative estimate of drug-likeness (QED) is 0.0370. The Bertz CT molecular complexity index is 1240. The summed E-state index contributed by atoms with van der Waals surface area (Å²) in [6.07, 6.45) is 20.1. The number of carbonyl (C=O) groups is 1. The number of nitrogens with zero attached hydrogens (tertiary/aromatic N) is 4. The van der Waals surface area contributed by atoms with Crippen LogP contribution in [0.15, 0.2) is 12.7 Å². The molecular formula is C33H60N5O7PS2. The zero-order chi connectivity index (χ0) is 35.0. The highest BCUT2D eigenvalue weighted by atomic mass is 32.8. The molecule has 2 aromatic heterocycles. The Morgan fingerprint density at radius 3 is 2.15 bits per heavy atom. The summed E-state index contributed by atoms with van der Waals surface area (Å²) < 4.78 is 42.5. The standard InChI is InChI=1S/C33H60N5O7PS2/c1-5-7-8-9-10-11-12-13-14-15-16-17-18-19-21-48(47)22-20-43-46(40,44-26-41-33(39)45-28(3)6-2)27-42-29(4)23-38-25-37-30-31(34)35-24-36-32(30)38/h24-25,28-29H,5-23,26-27H2,1-4H3,(H2,34,35,36)/t28?,29-,46+,48?/m1/s1. The highest BCUT2D eigenvalue weighted by Gasteiger charge is 2.28. The predicted octanol–water partition coefficient (Wildman–Crippen LogP) is 8.47. The molecule has 0 fully saturated rings. The van der Waals surface area contributed by atoms with E-state index in [-0.39, 0.29) is 34.3 Å². The molecule has 2 heterocycles. The number of imidazole rings is 1. The monoisotopic (exact) mass is 733 g/mol. The molecule has 0 radical (unpaired) electrons. The second-order valence-corrected chi connectivity index (χ2v) is 17.4. The minimum Gasteiger partial charge on any atom is -0.431 e. The predicted molar refractivity (Wildman–Crippen MR) is 197 cm³/mol. The Kier molecular flexibility index (Phi) is 22.4. The van der Waals surface area contributed by atoms with Gasteiger partial charge in [0.1, 0.15) is 24.3 Å². The Morgan fingerprint density at radius 1 is 0.896 bits per heavy atom. The van der Waals surface area contributed by atoms with Gasteiger partial charge in [-0.05, 0) is 32.4 Å². The van der Waals surface area contributed by atoms with Crippen molar-refractivity contribution in [3.8, 4) is 0 Å². The number of carbonyl (C=O) groups excluding carboxylic acids is 1. The number of hydrogen-bond acceptors (Lipinski definition) is 12. The van der Waals surface area contributed by atoms with E-state index in [4.69, 9.17) is 40.2 Å². The van der Waals surface area contributed by atoms with Gasteiger partial charge in [-0.3, -0.25) is 9.09 Å². The van der Waals surface area contributed by atoms with Gasteiger partial charge in [-0.15, -0.1) is 9.45 Å². The van der Waals surface area contributed by atoms with E-state index >= 15 is 0 Å². The summed E-state index contributed by atoms with van der Waals surface area (Å²) in [5.74, 6) is 1.80.